The first kappa shape index (κ1) is 13.8. The van der Waals surface area contributed by atoms with Crippen molar-refractivity contribution in [1.82, 2.24) is 4.90 Å². The molecule has 0 radical (unpaired) electrons. The molecule has 1 aromatic rings. The maximum Gasteiger partial charge on any atom is 0.292 e. The number of rotatable bonds is 4. The highest BCUT2D eigenvalue weighted by atomic mass is 16.6. The van der Waals surface area contributed by atoms with Crippen LogP contribution in [0.5, 0.6) is 0 Å². The van der Waals surface area contributed by atoms with Gasteiger partial charge in [0.1, 0.15) is 5.69 Å². The van der Waals surface area contributed by atoms with E-state index in [4.69, 9.17) is 5.73 Å². The largest absolute Gasteiger partial charge is 0.393 e. The fourth-order valence-electron chi connectivity index (χ4n) is 2.69. The Labute approximate surface area is 113 Å². The standard InChI is InChI=1S/C14H21N3O2/c1-10(2)11-6-7-16(8-11)9-12-4-3-5-13(14(12)15)17(18)19/h3-5,10-11H,6-9,15H2,1-2H3. The van der Waals surface area contributed by atoms with E-state index in [1.54, 1.807) is 6.07 Å². The van der Waals surface area contributed by atoms with Gasteiger partial charge in [-0.25, -0.2) is 0 Å². The lowest BCUT2D eigenvalue weighted by Gasteiger charge is -2.18. The first-order chi connectivity index (χ1) is 8.99. The molecule has 104 valence electrons. The SMILES string of the molecule is CC(C)C1CCN(Cc2cccc([N+](=O)[O-])c2N)C1. The van der Waals surface area contributed by atoms with Crippen LogP contribution in [-0.2, 0) is 6.54 Å². The van der Waals surface area contributed by atoms with E-state index in [-0.39, 0.29) is 5.69 Å². The average Bonchev–Trinajstić information content (AvgIpc) is 2.80. The maximum absolute atomic E-state index is 10.9. The van der Waals surface area contributed by atoms with Crippen molar-refractivity contribution in [3.05, 3.63) is 33.9 Å². The number of nitro benzene ring substituents is 1. The molecule has 0 aliphatic carbocycles. The Bertz CT molecular complexity index is 474. The van der Waals surface area contributed by atoms with Crippen LogP contribution in [0.4, 0.5) is 11.4 Å². The molecular weight excluding hydrogens is 242 g/mol. The highest BCUT2D eigenvalue weighted by molar-refractivity contribution is 5.62. The van der Waals surface area contributed by atoms with E-state index >= 15 is 0 Å². The maximum atomic E-state index is 10.9. The van der Waals surface area contributed by atoms with Gasteiger partial charge in [-0.2, -0.15) is 0 Å². The van der Waals surface area contributed by atoms with E-state index in [1.165, 1.54) is 12.5 Å². The lowest BCUT2D eigenvalue weighted by atomic mass is 9.95. The monoisotopic (exact) mass is 263 g/mol. The van der Waals surface area contributed by atoms with Gasteiger partial charge in [-0.15, -0.1) is 0 Å². The Morgan fingerprint density at radius 3 is 2.84 bits per heavy atom. The molecule has 0 amide bonds. The summed E-state index contributed by atoms with van der Waals surface area (Å²) in [5.41, 5.74) is 7.07. The quantitative estimate of drug-likeness (QED) is 0.515. The highest BCUT2D eigenvalue weighted by Gasteiger charge is 2.25. The van der Waals surface area contributed by atoms with Crippen LogP contribution >= 0.6 is 0 Å². The fourth-order valence-corrected chi connectivity index (χ4v) is 2.69. The summed E-state index contributed by atoms with van der Waals surface area (Å²) in [7, 11) is 0. The van der Waals surface area contributed by atoms with Gasteiger partial charge >= 0.3 is 0 Å². The van der Waals surface area contributed by atoms with Gasteiger partial charge < -0.3 is 5.73 Å². The Morgan fingerprint density at radius 2 is 2.26 bits per heavy atom. The molecule has 1 unspecified atom stereocenters. The molecule has 1 fully saturated rings. The second-order valence-corrected chi connectivity index (χ2v) is 5.63. The van der Waals surface area contributed by atoms with Crippen molar-refractivity contribution in [3.63, 3.8) is 0 Å². The summed E-state index contributed by atoms with van der Waals surface area (Å²) in [5, 5.41) is 10.9. The molecule has 2 N–H and O–H groups in total. The van der Waals surface area contributed by atoms with Crippen molar-refractivity contribution in [2.24, 2.45) is 11.8 Å². The summed E-state index contributed by atoms with van der Waals surface area (Å²) >= 11 is 0. The average molecular weight is 263 g/mol. The van der Waals surface area contributed by atoms with Gasteiger partial charge in [-0.1, -0.05) is 26.0 Å². The second-order valence-electron chi connectivity index (χ2n) is 5.63. The number of hydrogen-bond donors (Lipinski definition) is 1. The number of benzene rings is 1. The van der Waals surface area contributed by atoms with E-state index in [9.17, 15) is 10.1 Å². The number of nitrogens with zero attached hydrogens (tertiary/aromatic N) is 2. The molecule has 1 aromatic carbocycles. The lowest BCUT2D eigenvalue weighted by Crippen LogP contribution is -2.22. The van der Waals surface area contributed by atoms with Crippen molar-refractivity contribution < 1.29 is 4.92 Å². The number of nitrogens with two attached hydrogens (primary N) is 1. The van der Waals surface area contributed by atoms with Gasteiger partial charge in [0.15, 0.2) is 0 Å². The zero-order valence-corrected chi connectivity index (χ0v) is 11.5. The molecule has 0 spiro atoms. The summed E-state index contributed by atoms with van der Waals surface area (Å²) in [4.78, 5) is 12.8. The molecular formula is C14H21N3O2. The minimum Gasteiger partial charge on any atom is -0.393 e. The molecule has 1 heterocycles. The summed E-state index contributed by atoms with van der Waals surface area (Å²) in [5.74, 6) is 1.41. The molecule has 1 aliphatic rings. The molecule has 19 heavy (non-hydrogen) atoms. The van der Waals surface area contributed by atoms with Crippen LogP contribution in [0.15, 0.2) is 18.2 Å². The number of para-hydroxylation sites is 1. The Hall–Kier alpha value is -1.62. The van der Waals surface area contributed by atoms with Gasteiger partial charge in [0, 0.05) is 19.2 Å². The van der Waals surface area contributed by atoms with Crippen molar-refractivity contribution >= 4 is 11.4 Å². The molecule has 5 heteroatoms. The van der Waals surface area contributed by atoms with Crippen LogP contribution in [0.1, 0.15) is 25.8 Å². The van der Waals surface area contributed by atoms with Crippen molar-refractivity contribution in [3.8, 4) is 0 Å². The second kappa shape index (κ2) is 5.57. The van der Waals surface area contributed by atoms with Crippen LogP contribution in [0, 0.1) is 22.0 Å². The minimum atomic E-state index is -0.417. The molecule has 0 bridgehead atoms. The Balaban J connectivity index is 2.08. The van der Waals surface area contributed by atoms with Gasteiger partial charge in [-0.3, -0.25) is 15.0 Å². The minimum absolute atomic E-state index is 0.0112. The third-order valence-corrected chi connectivity index (χ3v) is 4.02. The van der Waals surface area contributed by atoms with Crippen LogP contribution in [0.3, 0.4) is 0 Å². The molecule has 0 saturated carbocycles. The zero-order chi connectivity index (χ0) is 14.0. The smallest absolute Gasteiger partial charge is 0.292 e. The third kappa shape index (κ3) is 3.04. The fraction of sp³-hybridized carbons (Fsp3) is 0.571. The Morgan fingerprint density at radius 1 is 1.53 bits per heavy atom. The molecule has 0 aromatic heterocycles. The number of likely N-dealkylation sites (tertiary alicyclic amines) is 1. The van der Waals surface area contributed by atoms with Crippen LogP contribution in [0.25, 0.3) is 0 Å². The predicted octanol–water partition coefficient (Wildman–Crippen LogP) is 2.65. The molecule has 1 aliphatic heterocycles. The first-order valence-corrected chi connectivity index (χ1v) is 6.73. The van der Waals surface area contributed by atoms with Gasteiger partial charge in [0.25, 0.3) is 5.69 Å². The summed E-state index contributed by atoms with van der Waals surface area (Å²) in [6.45, 7) is 7.30. The molecule has 5 nitrogen and oxygen atoms in total. The van der Waals surface area contributed by atoms with E-state index in [0.29, 0.717) is 18.2 Å². The van der Waals surface area contributed by atoms with Gasteiger partial charge in [0.05, 0.1) is 4.92 Å². The van der Waals surface area contributed by atoms with Crippen molar-refractivity contribution in [2.75, 3.05) is 18.8 Å². The van der Waals surface area contributed by atoms with E-state index in [1.807, 2.05) is 6.07 Å². The molecule has 2 rings (SSSR count). The van der Waals surface area contributed by atoms with E-state index in [0.717, 1.165) is 24.6 Å². The topological polar surface area (TPSA) is 72.4 Å². The van der Waals surface area contributed by atoms with Crippen molar-refractivity contribution in [2.45, 2.75) is 26.8 Å². The number of hydrogen-bond acceptors (Lipinski definition) is 4. The van der Waals surface area contributed by atoms with E-state index < -0.39 is 4.92 Å². The molecule has 1 atom stereocenters. The number of nitrogen functional groups attached to an aromatic ring is 1. The van der Waals surface area contributed by atoms with Crippen molar-refractivity contribution in [1.29, 1.82) is 0 Å². The summed E-state index contributed by atoms with van der Waals surface area (Å²) in [6.07, 6.45) is 1.20. The zero-order valence-electron chi connectivity index (χ0n) is 11.5. The lowest BCUT2D eigenvalue weighted by molar-refractivity contribution is -0.384. The van der Waals surface area contributed by atoms with E-state index in [2.05, 4.69) is 18.7 Å². The van der Waals surface area contributed by atoms with Gasteiger partial charge in [0.2, 0.25) is 0 Å². The van der Waals surface area contributed by atoms with Gasteiger partial charge in [-0.05, 0) is 30.4 Å². The molecule has 1 saturated heterocycles. The highest BCUT2D eigenvalue weighted by Crippen LogP contribution is 2.29. The summed E-state index contributed by atoms with van der Waals surface area (Å²) in [6, 6.07) is 5.05. The number of anilines is 1. The Kier molecular flexibility index (Phi) is 4.04. The summed E-state index contributed by atoms with van der Waals surface area (Å²) < 4.78 is 0. The normalized spacial score (nSPS) is 20.1. The van der Waals surface area contributed by atoms with Crippen LogP contribution in [0.2, 0.25) is 0 Å². The predicted molar refractivity (Wildman–Crippen MR) is 75.7 cm³/mol. The first-order valence-electron chi connectivity index (χ1n) is 6.73. The van der Waals surface area contributed by atoms with Crippen LogP contribution < -0.4 is 5.73 Å². The third-order valence-electron chi connectivity index (χ3n) is 4.02. The number of nitro groups is 1. The van der Waals surface area contributed by atoms with Crippen LogP contribution in [-0.4, -0.2) is 22.9 Å².